The van der Waals surface area contributed by atoms with Gasteiger partial charge in [0.25, 0.3) is 0 Å². The predicted octanol–water partition coefficient (Wildman–Crippen LogP) is 1.41. The van der Waals surface area contributed by atoms with Crippen molar-refractivity contribution >= 4 is 11.0 Å². The summed E-state index contributed by atoms with van der Waals surface area (Å²) in [6.07, 6.45) is 0. The van der Waals surface area contributed by atoms with Crippen LogP contribution in [0.3, 0.4) is 0 Å². The molecular formula is C18H17ClO4. The fourth-order valence-electron chi connectivity index (χ4n) is 2.33. The molecule has 0 amide bonds. The van der Waals surface area contributed by atoms with E-state index in [4.69, 9.17) is 18.6 Å². The van der Waals surface area contributed by atoms with E-state index in [9.17, 15) is 0 Å². The number of hydrogen-bond donors (Lipinski definition) is 0. The highest BCUT2D eigenvalue weighted by Gasteiger charge is 2.18. The lowest BCUT2D eigenvalue weighted by molar-refractivity contribution is -0.00000586. The number of hydrogen-bond acceptors (Lipinski definition) is 3. The van der Waals surface area contributed by atoms with Gasteiger partial charge >= 0.3 is 11.3 Å². The maximum atomic E-state index is 6.01. The highest BCUT2D eigenvalue weighted by molar-refractivity contribution is 5.86. The van der Waals surface area contributed by atoms with E-state index in [1.54, 1.807) is 21.3 Å². The minimum atomic E-state index is 0. The Morgan fingerprint density at radius 1 is 0.739 bits per heavy atom. The molecule has 0 saturated heterocycles. The number of rotatable bonds is 4. The summed E-state index contributed by atoms with van der Waals surface area (Å²) in [6, 6.07) is 15.3. The van der Waals surface area contributed by atoms with E-state index < -0.39 is 0 Å². The number of methoxy groups -OCH3 is 3. The van der Waals surface area contributed by atoms with E-state index in [0.717, 1.165) is 28.2 Å². The lowest BCUT2D eigenvalue weighted by Crippen LogP contribution is -3.00. The van der Waals surface area contributed by atoms with Gasteiger partial charge in [-0.05, 0) is 30.3 Å². The zero-order chi connectivity index (χ0) is 15.5. The summed E-state index contributed by atoms with van der Waals surface area (Å²) in [5.74, 6) is 3.00. The van der Waals surface area contributed by atoms with Crippen molar-refractivity contribution in [2.45, 2.75) is 0 Å². The molecule has 0 fully saturated rings. The van der Waals surface area contributed by atoms with E-state index >= 15 is 0 Å². The van der Waals surface area contributed by atoms with Gasteiger partial charge in [-0.3, -0.25) is 0 Å². The van der Waals surface area contributed by atoms with Gasteiger partial charge in [0.15, 0.2) is 0 Å². The number of halogens is 1. The topological polar surface area (TPSA) is 39.0 Å². The van der Waals surface area contributed by atoms with Gasteiger partial charge < -0.3 is 26.6 Å². The maximum absolute atomic E-state index is 6.01. The first-order chi connectivity index (χ1) is 10.7. The van der Waals surface area contributed by atoms with Crippen LogP contribution in [-0.2, 0) is 0 Å². The van der Waals surface area contributed by atoms with Crippen molar-refractivity contribution in [1.29, 1.82) is 0 Å². The molecule has 0 bridgehead atoms. The van der Waals surface area contributed by atoms with Crippen LogP contribution in [0.4, 0.5) is 0 Å². The second-order valence-corrected chi connectivity index (χ2v) is 4.77. The van der Waals surface area contributed by atoms with E-state index in [0.29, 0.717) is 11.3 Å². The largest absolute Gasteiger partial charge is 1.00 e. The second kappa shape index (κ2) is 7.20. The van der Waals surface area contributed by atoms with Crippen LogP contribution in [0.25, 0.3) is 22.3 Å². The molecule has 0 spiro atoms. The molecule has 1 aromatic heterocycles. The maximum Gasteiger partial charge on any atom is 0.368 e. The van der Waals surface area contributed by atoms with Crippen molar-refractivity contribution in [2.24, 2.45) is 0 Å². The first kappa shape index (κ1) is 16.9. The van der Waals surface area contributed by atoms with Crippen LogP contribution in [0.15, 0.2) is 52.9 Å². The molecule has 4 nitrogen and oxygen atoms in total. The summed E-state index contributed by atoms with van der Waals surface area (Å²) in [4.78, 5) is 0. The molecule has 0 aliphatic rings. The minimum absolute atomic E-state index is 0. The Bertz CT molecular complexity index is 800. The average molecular weight is 333 g/mol. The summed E-state index contributed by atoms with van der Waals surface area (Å²) in [5.41, 5.74) is 1.69. The van der Waals surface area contributed by atoms with Crippen molar-refractivity contribution < 1.29 is 31.0 Å². The average Bonchev–Trinajstić information content (AvgIpc) is 2.60. The molecular weight excluding hydrogens is 316 g/mol. The van der Waals surface area contributed by atoms with Gasteiger partial charge in [0.2, 0.25) is 0 Å². The van der Waals surface area contributed by atoms with Crippen LogP contribution >= 0.6 is 0 Å². The zero-order valence-electron chi connectivity index (χ0n) is 13.1. The molecule has 0 radical (unpaired) electrons. The van der Waals surface area contributed by atoms with Crippen LogP contribution in [0.2, 0.25) is 0 Å². The molecule has 0 aliphatic heterocycles. The molecule has 1 heterocycles. The third kappa shape index (κ3) is 3.32. The Morgan fingerprint density at radius 3 is 2.04 bits per heavy atom. The molecule has 23 heavy (non-hydrogen) atoms. The summed E-state index contributed by atoms with van der Waals surface area (Å²) in [6.45, 7) is 0. The Labute approximate surface area is 141 Å². The normalized spacial score (nSPS) is 10.0. The summed E-state index contributed by atoms with van der Waals surface area (Å²) in [7, 11) is 4.90. The van der Waals surface area contributed by atoms with E-state index in [2.05, 4.69) is 0 Å². The lowest BCUT2D eigenvalue weighted by Gasteiger charge is -2.04. The van der Waals surface area contributed by atoms with Gasteiger partial charge in [0.1, 0.15) is 22.6 Å². The van der Waals surface area contributed by atoms with Crippen LogP contribution in [0.5, 0.6) is 17.2 Å². The third-order valence-electron chi connectivity index (χ3n) is 3.53. The van der Waals surface area contributed by atoms with Crippen LogP contribution in [0.1, 0.15) is 0 Å². The van der Waals surface area contributed by atoms with Crippen molar-refractivity contribution in [2.75, 3.05) is 21.3 Å². The monoisotopic (exact) mass is 332 g/mol. The van der Waals surface area contributed by atoms with Crippen molar-refractivity contribution in [3.63, 3.8) is 0 Å². The summed E-state index contributed by atoms with van der Waals surface area (Å²) >= 11 is 0. The minimum Gasteiger partial charge on any atom is -1.00 e. The van der Waals surface area contributed by atoms with Crippen LogP contribution in [0, 0.1) is 0 Å². The fraction of sp³-hybridized carbons (Fsp3) is 0.167. The zero-order valence-corrected chi connectivity index (χ0v) is 13.9. The summed E-state index contributed by atoms with van der Waals surface area (Å²) in [5, 5.41) is 0.903. The van der Waals surface area contributed by atoms with Gasteiger partial charge in [-0.25, -0.2) is 4.42 Å². The van der Waals surface area contributed by atoms with Crippen molar-refractivity contribution in [1.82, 2.24) is 0 Å². The fourth-order valence-corrected chi connectivity index (χ4v) is 2.33. The Kier molecular flexibility index (Phi) is 5.29. The van der Waals surface area contributed by atoms with Gasteiger partial charge in [0, 0.05) is 12.1 Å². The van der Waals surface area contributed by atoms with E-state index in [1.165, 1.54) is 0 Å². The molecule has 0 aliphatic carbocycles. The highest BCUT2D eigenvalue weighted by atomic mass is 35.5. The summed E-state index contributed by atoms with van der Waals surface area (Å²) < 4.78 is 21.9. The van der Waals surface area contributed by atoms with E-state index in [-0.39, 0.29) is 12.4 Å². The van der Waals surface area contributed by atoms with Crippen molar-refractivity contribution in [3.8, 4) is 28.6 Å². The van der Waals surface area contributed by atoms with Gasteiger partial charge in [-0.2, -0.15) is 0 Å². The van der Waals surface area contributed by atoms with E-state index in [1.807, 2.05) is 48.5 Å². The quantitative estimate of drug-likeness (QED) is 0.677. The molecule has 3 rings (SSSR count). The lowest BCUT2D eigenvalue weighted by atomic mass is 10.1. The third-order valence-corrected chi connectivity index (χ3v) is 3.53. The standard InChI is InChI=1S/C18H17O4.ClH/c1-19-13-6-4-12(5-7-13)16-9-8-15-17(21-3)10-14(20-2)11-18(15)22-16;/h4-11H,1-3H3;1H/q+1;/p-1. The Morgan fingerprint density at radius 2 is 1.43 bits per heavy atom. The highest BCUT2D eigenvalue weighted by Crippen LogP contribution is 2.34. The molecule has 0 saturated carbocycles. The molecule has 0 atom stereocenters. The molecule has 120 valence electrons. The van der Waals surface area contributed by atoms with Gasteiger partial charge in [0.05, 0.1) is 33.0 Å². The van der Waals surface area contributed by atoms with Gasteiger partial charge in [-0.1, -0.05) is 0 Å². The molecule has 2 aromatic carbocycles. The second-order valence-electron chi connectivity index (χ2n) is 4.77. The molecule has 3 aromatic rings. The smallest absolute Gasteiger partial charge is 0.368 e. The molecule has 5 heteroatoms. The first-order valence-electron chi connectivity index (χ1n) is 6.88. The SMILES string of the molecule is COc1ccc(-c2ccc3c(OC)cc(OC)cc3[o+]2)cc1.[Cl-]. The number of fused-ring (bicyclic) bond motifs is 1. The molecule has 0 N–H and O–H groups in total. The van der Waals surface area contributed by atoms with Crippen molar-refractivity contribution in [3.05, 3.63) is 48.5 Å². The Hall–Kier alpha value is -2.46. The first-order valence-corrected chi connectivity index (χ1v) is 6.88. The molecule has 0 unspecified atom stereocenters. The van der Waals surface area contributed by atoms with Crippen LogP contribution in [-0.4, -0.2) is 21.3 Å². The number of benzene rings is 2. The van der Waals surface area contributed by atoms with Crippen LogP contribution < -0.4 is 26.6 Å². The Balaban J connectivity index is 0.00000192. The predicted molar refractivity (Wildman–Crippen MR) is 85.7 cm³/mol. The number of ether oxygens (including phenoxy) is 3. The van der Waals surface area contributed by atoms with Gasteiger partial charge in [-0.15, -0.1) is 0 Å².